The predicted molar refractivity (Wildman–Crippen MR) is 136 cm³/mol. The monoisotopic (exact) mass is 484 g/mol. The lowest BCUT2D eigenvalue weighted by Gasteiger charge is -2.37. The number of hydrogen-bond donors (Lipinski definition) is 1. The van der Waals surface area contributed by atoms with Crippen LogP contribution < -0.4 is 10.2 Å². The van der Waals surface area contributed by atoms with E-state index < -0.39 is 0 Å². The minimum Gasteiger partial charge on any atom is -0.368 e. The summed E-state index contributed by atoms with van der Waals surface area (Å²) >= 11 is 7.65. The van der Waals surface area contributed by atoms with Gasteiger partial charge in [-0.15, -0.1) is 0 Å². The fourth-order valence-corrected chi connectivity index (χ4v) is 5.23. The second-order valence-electron chi connectivity index (χ2n) is 8.42. The van der Waals surface area contributed by atoms with Crippen molar-refractivity contribution in [2.24, 2.45) is 0 Å². The van der Waals surface area contributed by atoms with Gasteiger partial charge in [-0.25, -0.2) is 4.98 Å². The van der Waals surface area contributed by atoms with Crippen LogP contribution in [0.4, 0.5) is 10.8 Å². The standard InChI is InChI=1S/C25H29ClN4O2S/c1-3-4-23(31)28-25-27-20-9-6-18(15-22(20)33-25)7-10-24(32)30-13-11-29(12-14-30)21-16-19(26)8-5-17(21)2/h5-6,8-9,15-16H,3-4,7,10-14H2,1-2H3,(H,27,28,31). The van der Waals surface area contributed by atoms with Gasteiger partial charge in [-0.3, -0.25) is 9.59 Å². The number of carbonyl (C=O) groups is 2. The van der Waals surface area contributed by atoms with Crippen molar-refractivity contribution in [1.29, 1.82) is 0 Å². The molecular formula is C25H29ClN4O2S. The molecule has 8 heteroatoms. The van der Waals surface area contributed by atoms with E-state index in [0.29, 0.717) is 24.4 Å². The van der Waals surface area contributed by atoms with Crippen LogP contribution in [-0.4, -0.2) is 47.9 Å². The maximum absolute atomic E-state index is 12.8. The first-order valence-corrected chi connectivity index (χ1v) is 12.6. The van der Waals surface area contributed by atoms with Crippen molar-refractivity contribution >= 4 is 55.8 Å². The molecule has 4 rings (SSSR count). The van der Waals surface area contributed by atoms with Crippen molar-refractivity contribution in [3.8, 4) is 0 Å². The second-order valence-corrected chi connectivity index (χ2v) is 9.88. The lowest BCUT2D eigenvalue weighted by molar-refractivity contribution is -0.131. The van der Waals surface area contributed by atoms with Gasteiger partial charge in [0, 0.05) is 49.7 Å². The quantitative estimate of drug-likeness (QED) is 0.495. The van der Waals surface area contributed by atoms with E-state index in [-0.39, 0.29) is 11.8 Å². The number of nitrogens with zero attached hydrogens (tertiary/aromatic N) is 3. The second kappa shape index (κ2) is 10.5. The van der Waals surface area contributed by atoms with Crippen molar-refractivity contribution in [1.82, 2.24) is 9.88 Å². The van der Waals surface area contributed by atoms with Crippen molar-refractivity contribution in [2.45, 2.75) is 39.5 Å². The van der Waals surface area contributed by atoms with Crippen LogP contribution in [0.2, 0.25) is 5.02 Å². The molecule has 1 N–H and O–H groups in total. The summed E-state index contributed by atoms with van der Waals surface area (Å²) in [6.45, 7) is 7.13. The van der Waals surface area contributed by atoms with Crippen LogP contribution >= 0.6 is 22.9 Å². The molecule has 1 aromatic heterocycles. The fourth-order valence-electron chi connectivity index (χ4n) is 4.12. The number of amides is 2. The molecule has 6 nitrogen and oxygen atoms in total. The predicted octanol–water partition coefficient (Wildman–Crippen LogP) is 5.28. The molecule has 0 atom stereocenters. The first-order chi connectivity index (χ1) is 15.9. The van der Waals surface area contributed by atoms with E-state index in [0.717, 1.165) is 59.1 Å². The van der Waals surface area contributed by atoms with Gasteiger partial charge >= 0.3 is 0 Å². The molecule has 1 saturated heterocycles. The van der Waals surface area contributed by atoms with Gasteiger partial charge in [0.1, 0.15) is 0 Å². The Labute approximate surface area is 203 Å². The highest BCUT2D eigenvalue weighted by Crippen LogP contribution is 2.28. The number of fused-ring (bicyclic) bond motifs is 1. The normalized spacial score (nSPS) is 14.0. The van der Waals surface area contributed by atoms with Crippen LogP contribution in [0.5, 0.6) is 0 Å². The molecule has 1 aliphatic rings. The first-order valence-electron chi connectivity index (χ1n) is 11.4. The third-order valence-corrected chi connectivity index (χ3v) is 7.12. The highest BCUT2D eigenvalue weighted by Gasteiger charge is 2.22. The van der Waals surface area contributed by atoms with Gasteiger partial charge in [0.05, 0.1) is 10.2 Å². The molecule has 2 heterocycles. The zero-order chi connectivity index (χ0) is 23.4. The summed E-state index contributed by atoms with van der Waals surface area (Å²) in [4.78, 5) is 33.4. The summed E-state index contributed by atoms with van der Waals surface area (Å²) in [5.41, 5.74) is 4.33. The highest BCUT2D eigenvalue weighted by atomic mass is 35.5. The average molecular weight is 485 g/mol. The van der Waals surface area contributed by atoms with Crippen LogP contribution in [0.1, 0.15) is 37.3 Å². The van der Waals surface area contributed by atoms with Gasteiger partial charge in [0.2, 0.25) is 11.8 Å². The Balaban J connectivity index is 1.30. The molecule has 0 bridgehead atoms. The van der Waals surface area contributed by atoms with Gasteiger partial charge in [-0.2, -0.15) is 0 Å². The Kier molecular flexibility index (Phi) is 7.50. The number of benzene rings is 2. The van der Waals surface area contributed by atoms with Crippen molar-refractivity contribution in [2.75, 3.05) is 36.4 Å². The Morgan fingerprint density at radius 2 is 1.88 bits per heavy atom. The molecular weight excluding hydrogens is 456 g/mol. The van der Waals surface area contributed by atoms with Crippen LogP contribution in [0, 0.1) is 6.92 Å². The van der Waals surface area contributed by atoms with Gasteiger partial charge in [0.25, 0.3) is 0 Å². The maximum Gasteiger partial charge on any atom is 0.226 e. The van der Waals surface area contributed by atoms with Crippen LogP contribution in [-0.2, 0) is 16.0 Å². The van der Waals surface area contributed by atoms with E-state index in [2.05, 4.69) is 28.2 Å². The molecule has 0 aliphatic carbocycles. The van der Waals surface area contributed by atoms with Crippen molar-refractivity contribution in [3.05, 3.63) is 52.5 Å². The van der Waals surface area contributed by atoms with E-state index in [1.165, 1.54) is 16.9 Å². The minimum atomic E-state index is -0.00649. The van der Waals surface area contributed by atoms with E-state index in [1.807, 2.05) is 42.2 Å². The number of rotatable bonds is 7. The van der Waals surface area contributed by atoms with Gasteiger partial charge in [-0.1, -0.05) is 42.0 Å². The maximum atomic E-state index is 12.8. The Bertz CT molecular complexity index is 1150. The fraction of sp³-hybridized carbons (Fsp3) is 0.400. The van der Waals surface area contributed by atoms with Gasteiger partial charge in [0.15, 0.2) is 5.13 Å². The van der Waals surface area contributed by atoms with Gasteiger partial charge in [-0.05, 0) is 55.2 Å². The van der Waals surface area contributed by atoms with E-state index in [4.69, 9.17) is 11.6 Å². The van der Waals surface area contributed by atoms with Crippen molar-refractivity contribution < 1.29 is 9.59 Å². The number of nitrogens with one attached hydrogen (secondary N) is 1. The molecule has 0 unspecified atom stereocenters. The number of aryl methyl sites for hydroxylation is 2. The lowest BCUT2D eigenvalue weighted by Crippen LogP contribution is -2.49. The highest BCUT2D eigenvalue weighted by molar-refractivity contribution is 7.22. The number of hydrogen-bond acceptors (Lipinski definition) is 5. The Morgan fingerprint density at radius 1 is 1.09 bits per heavy atom. The first kappa shape index (κ1) is 23.5. The van der Waals surface area contributed by atoms with Crippen molar-refractivity contribution in [3.63, 3.8) is 0 Å². The van der Waals surface area contributed by atoms with Gasteiger partial charge < -0.3 is 15.1 Å². The molecule has 33 heavy (non-hydrogen) atoms. The summed E-state index contributed by atoms with van der Waals surface area (Å²) in [5, 5.41) is 4.23. The van der Waals surface area contributed by atoms with E-state index in [9.17, 15) is 9.59 Å². The summed E-state index contributed by atoms with van der Waals surface area (Å²) in [6, 6.07) is 12.0. The molecule has 3 aromatic rings. The summed E-state index contributed by atoms with van der Waals surface area (Å²) in [6.07, 6.45) is 2.48. The SMILES string of the molecule is CCCC(=O)Nc1nc2ccc(CCC(=O)N3CCN(c4cc(Cl)ccc4C)CC3)cc2s1. The minimum absolute atomic E-state index is 0.00649. The molecule has 1 aliphatic heterocycles. The smallest absolute Gasteiger partial charge is 0.226 e. The summed E-state index contributed by atoms with van der Waals surface area (Å²) in [7, 11) is 0. The molecule has 1 fully saturated rings. The molecule has 2 amide bonds. The average Bonchev–Trinajstić information content (AvgIpc) is 3.20. The number of halogens is 1. The van der Waals surface area contributed by atoms with E-state index in [1.54, 1.807) is 0 Å². The molecule has 2 aromatic carbocycles. The summed E-state index contributed by atoms with van der Waals surface area (Å²) < 4.78 is 1.03. The Hall–Kier alpha value is -2.64. The van der Waals surface area contributed by atoms with Crippen LogP contribution in [0.25, 0.3) is 10.2 Å². The van der Waals surface area contributed by atoms with Crippen LogP contribution in [0.15, 0.2) is 36.4 Å². The zero-order valence-electron chi connectivity index (χ0n) is 19.1. The molecule has 0 radical (unpaired) electrons. The Morgan fingerprint density at radius 3 is 2.64 bits per heavy atom. The number of thiazole rings is 1. The number of piperazine rings is 1. The molecule has 174 valence electrons. The molecule has 0 spiro atoms. The van der Waals surface area contributed by atoms with E-state index >= 15 is 0 Å². The third kappa shape index (κ3) is 5.84. The third-order valence-electron chi connectivity index (χ3n) is 5.95. The number of carbonyl (C=O) groups excluding carboxylic acids is 2. The van der Waals surface area contributed by atoms with Crippen LogP contribution in [0.3, 0.4) is 0 Å². The molecule has 0 saturated carbocycles. The topological polar surface area (TPSA) is 65.5 Å². The number of aromatic nitrogens is 1. The lowest BCUT2D eigenvalue weighted by atomic mass is 10.1. The summed E-state index contributed by atoms with van der Waals surface area (Å²) in [5.74, 6) is 0.183. The largest absolute Gasteiger partial charge is 0.368 e. The zero-order valence-corrected chi connectivity index (χ0v) is 20.6. The number of anilines is 2.